The van der Waals surface area contributed by atoms with Crippen molar-refractivity contribution in [1.82, 2.24) is 15.5 Å². The molecule has 128 valence electrons. The van der Waals surface area contributed by atoms with Crippen molar-refractivity contribution >= 4 is 5.91 Å². The van der Waals surface area contributed by atoms with Crippen molar-refractivity contribution in [3.63, 3.8) is 0 Å². The zero-order chi connectivity index (χ0) is 17.8. The summed E-state index contributed by atoms with van der Waals surface area (Å²) in [5.74, 6) is 0.226. The SMILES string of the molecule is Cc1noc(C)c1[C@H](C)C(=O)N[C@H](c1ccccc1)c1ccccn1. The average Bonchev–Trinajstić information content (AvgIpc) is 2.98. The topological polar surface area (TPSA) is 68.0 Å². The first-order valence-electron chi connectivity index (χ1n) is 8.27. The van der Waals surface area contributed by atoms with Crippen LogP contribution in [0.4, 0.5) is 0 Å². The Labute approximate surface area is 147 Å². The molecule has 5 heteroatoms. The number of carbonyl (C=O) groups is 1. The van der Waals surface area contributed by atoms with Gasteiger partial charge in [0.1, 0.15) is 5.76 Å². The molecular formula is C20H21N3O2. The molecule has 0 bridgehead atoms. The molecule has 0 aliphatic rings. The third-order valence-corrected chi connectivity index (χ3v) is 4.32. The third kappa shape index (κ3) is 3.60. The molecule has 0 aliphatic heterocycles. The zero-order valence-electron chi connectivity index (χ0n) is 14.6. The second-order valence-electron chi connectivity index (χ2n) is 6.07. The van der Waals surface area contributed by atoms with E-state index in [4.69, 9.17) is 4.52 Å². The van der Waals surface area contributed by atoms with Crippen molar-refractivity contribution in [2.45, 2.75) is 32.7 Å². The molecular weight excluding hydrogens is 314 g/mol. The quantitative estimate of drug-likeness (QED) is 0.772. The maximum absolute atomic E-state index is 12.9. The van der Waals surface area contributed by atoms with Gasteiger partial charge in [0.2, 0.25) is 5.91 Å². The van der Waals surface area contributed by atoms with Gasteiger partial charge in [-0.2, -0.15) is 0 Å². The van der Waals surface area contributed by atoms with Crippen LogP contribution in [0.2, 0.25) is 0 Å². The van der Waals surface area contributed by atoms with Crippen molar-refractivity contribution in [2.24, 2.45) is 0 Å². The van der Waals surface area contributed by atoms with E-state index in [-0.39, 0.29) is 17.9 Å². The highest BCUT2D eigenvalue weighted by atomic mass is 16.5. The van der Waals surface area contributed by atoms with E-state index in [1.165, 1.54) is 0 Å². The van der Waals surface area contributed by atoms with Gasteiger partial charge in [-0.3, -0.25) is 9.78 Å². The molecule has 0 unspecified atom stereocenters. The smallest absolute Gasteiger partial charge is 0.228 e. The normalized spacial score (nSPS) is 13.2. The molecule has 2 aromatic heterocycles. The molecule has 0 fully saturated rings. The van der Waals surface area contributed by atoms with Crippen LogP contribution in [0.5, 0.6) is 0 Å². The Morgan fingerprint density at radius 3 is 2.40 bits per heavy atom. The second kappa shape index (κ2) is 7.30. The predicted octanol–water partition coefficient (Wildman–Crippen LogP) is 3.70. The van der Waals surface area contributed by atoms with Crippen LogP contribution >= 0.6 is 0 Å². The van der Waals surface area contributed by atoms with Crippen LogP contribution in [0.15, 0.2) is 59.3 Å². The van der Waals surface area contributed by atoms with Crippen LogP contribution in [0.1, 0.15) is 47.2 Å². The first kappa shape index (κ1) is 16.9. The summed E-state index contributed by atoms with van der Waals surface area (Å²) in [6.45, 7) is 5.54. The highest BCUT2D eigenvalue weighted by molar-refractivity contribution is 5.84. The molecule has 1 aromatic carbocycles. The Kier molecular flexibility index (Phi) is 4.93. The molecule has 25 heavy (non-hydrogen) atoms. The summed E-state index contributed by atoms with van der Waals surface area (Å²) < 4.78 is 5.20. The Balaban J connectivity index is 1.89. The van der Waals surface area contributed by atoms with Gasteiger partial charge in [0.05, 0.1) is 23.3 Å². The summed E-state index contributed by atoms with van der Waals surface area (Å²) >= 11 is 0. The number of hydrogen-bond donors (Lipinski definition) is 1. The van der Waals surface area contributed by atoms with Crippen molar-refractivity contribution in [2.75, 3.05) is 0 Å². The highest BCUT2D eigenvalue weighted by Gasteiger charge is 2.26. The lowest BCUT2D eigenvalue weighted by Gasteiger charge is -2.21. The molecule has 1 N–H and O–H groups in total. The van der Waals surface area contributed by atoms with Gasteiger partial charge in [0.25, 0.3) is 0 Å². The summed E-state index contributed by atoms with van der Waals surface area (Å²) in [7, 11) is 0. The number of nitrogens with zero attached hydrogens (tertiary/aromatic N) is 2. The van der Waals surface area contributed by atoms with Crippen LogP contribution in [0, 0.1) is 13.8 Å². The molecule has 0 saturated carbocycles. The molecule has 1 amide bonds. The number of rotatable bonds is 5. The van der Waals surface area contributed by atoms with Gasteiger partial charge in [-0.25, -0.2) is 0 Å². The largest absolute Gasteiger partial charge is 0.361 e. The fourth-order valence-electron chi connectivity index (χ4n) is 3.03. The van der Waals surface area contributed by atoms with Crippen LogP contribution in [0.25, 0.3) is 0 Å². The van der Waals surface area contributed by atoms with Gasteiger partial charge >= 0.3 is 0 Å². The number of nitrogens with one attached hydrogen (secondary N) is 1. The summed E-state index contributed by atoms with van der Waals surface area (Å²) in [5.41, 5.74) is 3.37. The Morgan fingerprint density at radius 1 is 1.08 bits per heavy atom. The van der Waals surface area contributed by atoms with Gasteiger partial charge < -0.3 is 9.84 Å². The van der Waals surface area contributed by atoms with Crippen LogP contribution < -0.4 is 5.32 Å². The Morgan fingerprint density at radius 2 is 1.80 bits per heavy atom. The first-order chi connectivity index (χ1) is 12.1. The minimum atomic E-state index is -0.360. The van der Waals surface area contributed by atoms with Crippen LogP contribution in [0.3, 0.4) is 0 Å². The van der Waals surface area contributed by atoms with E-state index < -0.39 is 0 Å². The number of carbonyl (C=O) groups excluding carboxylic acids is 1. The van der Waals surface area contributed by atoms with Crippen LogP contribution in [-0.4, -0.2) is 16.0 Å². The number of hydrogen-bond acceptors (Lipinski definition) is 4. The van der Waals surface area contributed by atoms with Crippen molar-refractivity contribution in [3.05, 3.63) is 83.0 Å². The lowest BCUT2D eigenvalue weighted by molar-refractivity contribution is -0.122. The molecule has 2 heterocycles. The maximum atomic E-state index is 12.9. The summed E-state index contributed by atoms with van der Waals surface area (Å²) in [6.07, 6.45) is 1.73. The van der Waals surface area contributed by atoms with Gasteiger partial charge in [-0.05, 0) is 38.5 Å². The van der Waals surface area contributed by atoms with E-state index in [0.717, 1.165) is 22.5 Å². The standard InChI is InChI=1S/C20H21N3O2/c1-13(18-14(2)23-25-15(18)3)20(24)22-19(16-9-5-4-6-10-16)17-11-7-8-12-21-17/h4-13,19H,1-3H3,(H,22,24)/t13-,19+/m0/s1. The molecule has 0 saturated heterocycles. The molecule has 0 aliphatic carbocycles. The number of amides is 1. The lowest BCUT2D eigenvalue weighted by atomic mass is 9.96. The van der Waals surface area contributed by atoms with E-state index in [1.807, 2.05) is 69.3 Å². The molecule has 3 aromatic rings. The fraction of sp³-hybridized carbons (Fsp3) is 0.250. The first-order valence-corrected chi connectivity index (χ1v) is 8.27. The van der Waals surface area contributed by atoms with Gasteiger partial charge in [0, 0.05) is 11.8 Å². The summed E-state index contributed by atoms with van der Waals surface area (Å²) in [5, 5.41) is 7.07. The highest BCUT2D eigenvalue weighted by Crippen LogP contribution is 2.26. The van der Waals surface area contributed by atoms with E-state index in [2.05, 4.69) is 15.5 Å². The Hall–Kier alpha value is -2.95. The number of aryl methyl sites for hydroxylation is 2. The molecule has 3 rings (SSSR count). The fourth-order valence-corrected chi connectivity index (χ4v) is 3.03. The maximum Gasteiger partial charge on any atom is 0.228 e. The second-order valence-corrected chi connectivity index (χ2v) is 6.07. The van der Waals surface area contributed by atoms with Gasteiger partial charge in [-0.15, -0.1) is 0 Å². The van der Waals surface area contributed by atoms with Crippen LogP contribution in [-0.2, 0) is 4.79 Å². The van der Waals surface area contributed by atoms with Gasteiger partial charge in [0.15, 0.2) is 0 Å². The van der Waals surface area contributed by atoms with E-state index in [1.54, 1.807) is 6.20 Å². The van der Waals surface area contributed by atoms with Gasteiger partial charge in [-0.1, -0.05) is 41.6 Å². The van der Waals surface area contributed by atoms with Crippen molar-refractivity contribution in [3.8, 4) is 0 Å². The summed E-state index contributed by atoms with van der Waals surface area (Å²) in [4.78, 5) is 17.3. The molecule has 5 nitrogen and oxygen atoms in total. The number of aromatic nitrogens is 2. The summed E-state index contributed by atoms with van der Waals surface area (Å²) in [6, 6.07) is 15.2. The third-order valence-electron chi connectivity index (χ3n) is 4.32. The van der Waals surface area contributed by atoms with Crippen molar-refractivity contribution in [1.29, 1.82) is 0 Å². The monoisotopic (exact) mass is 335 g/mol. The average molecular weight is 335 g/mol. The molecule has 2 atom stereocenters. The predicted molar refractivity (Wildman–Crippen MR) is 95.1 cm³/mol. The minimum Gasteiger partial charge on any atom is -0.361 e. The van der Waals surface area contributed by atoms with E-state index in [9.17, 15) is 4.79 Å². The molecule has 0 spiro atoms. The zero-order valence-corrected chi connectivity index (χ0v) is 14.6. The van der Waals surface area contributed by atoms with E-state index >= 15 is 0 Å². The minimum absolute atomic E-state index is 0.0890. The Bertz CT molecular complexity index is 785. The number of pyridine rings is 1. The lowest BCUT2D eigenvalue weighted by Crippen LogP contribution is -2.33. The van der Waals surface area contributed by atoms with Crippen molar-refractivity contribution < 1.29 is 9.32 Å². The molecule has 0 radical (unpaired) electrons. The van der Waals surface area contributed by atoms with E-state index in [0.29, 0.717) is 5.76 Å². The number of benzene rings is 1.